The molecule has 0 atom stereocenters. The third-order valence-corrected chi connectivity index (χ3v) is 14.5. The number of fused-ring (bicyclic) bond motifs is 7. The van der Waals surface area contributed by atoms with Gasteiger partial charge in [0.15, 0.2) is 0 Å². The molecule has 0 aliphatic carbocycles. The summed E-state index contributed by atoms with van der Waals surface area (Å²) in [5, 5.41) is 3.81. The Morgan fingerprint density at radius 3 is 1.73 bits per heavy atom. The standard InChI is InChI=1S/C62H56BN3/c1-60(2,3)41-29-31-45(32-30-41)65-54-27-19-17-25-51(54)63-57-48(35-43(38-55(57)65)62(7,8)9)49-36-42(61(4,5)6)37-50-56(39-20-12-10-13-21-39)58(66(63)59(49)50)40-28-33-53-47(34-40)46-24-16-18-26-52(46)64(53)44-22-14-11-15-23-44/h10-38H,1-9H3. The van der Waals surface area contributed by atoms with Gasteiger partial charge in [0, 0.05) is 61.2 Å². The van der Waals surface area contributed by atoms with Crippen LogP contribution >= 0.6 is 0 Å². The van der Waals surface area contributed by atoms with Crippen molar-refractivity contribution in [2.45, 2.75) is 78.6 Å². The molecular weight excluding hydrogens is 798 g/mol. The van der Waals surface area contributed by atoms with Gasteiger partial charge in [-0.3, -0.25) is 0 Å². The number of aromatic nitrogens is 2. The fourth-order valence-electron chi connectivity index (χ4n) is 11.1. The number of nitrogens with zero attached hydrogens (tertiary/aromatic N) is 3. The summed E-state index contributed by atoms with van der Waals surface area (Å²) in [5.41, 5.74) is 22.7. The molecule has 4 heteroatoms. The van der Waals surface area contributed by atoms with Crippen LogP contribution in [-0.2, 0) is 16.2 Å². The molecule has 322 valence electrons. The molecule has 0 saturated heterocycles. The van der Waals surface area contributed by atoms with E-state index < -0.39 is 0 Å². The summed E-state index contributed by atoms with van der Waals surface area (Å²) in [6.45, 7) is 21.0. The average molecular weight is 854 g/mol. The third-order valence-electron chi connectivity index (χ3n) is 14.5. The zero-order valence-electron chi connectivity index (χ0n) is 39.7. The van der Waals surface area contributed by atoms with Gasteiger partial charge in [-0.2, -0.15) is 0 Å². The molecule has 2 aliphatic rings. The lowest BCUT2D eigenvalue weighted by molar-refractivity contribution is 0.589. The lowest BCUT2D eigenvalue weighted by atomic mass is 9.44. The molecule has 3 nitrogen and oxygen atoms in total. The van der Waals surface area contributed by atoms with Crippen LogP contribution in [0.2, 0.25) is 0 Å². The molecule has 0 N–H and O–H groups in total. The molecule has 4 heterocycles. The van der Waals surface area contributed by atoms with Crippen LogP contribution in [0.4, 0.5) is 17.1 Å². The molecule has 10 aromatic rings. The number of para-hydroxylation sites is 3. The van der Waals surface area contributed by atoms with E-state index in [9.17, 15) is 0 Å². The minimum Gasteiger partial charge on any atom is -0.375 e. The van der Waals surface area contributed by atoms with Crippen molar-refractivity contribution in [2.24, 2.45) is 0 Å². The molecule has 66 heavy (non-hydrogen) atoms. The van der Waals surface area contributed by atoms with E-state index in [1.54, 1.807) is 0 Å². The van der Waals surface area contributed by atoms with Crippen molar-refractivity contribution in [3.8, 4) is 39.2 Å². The van der Waals surface area contributed by atoms with Gasteiger partial charge in [0.1, 0.15) is 0 Å². The Bertz CT molecular complexity index is 3570. The first-order chi connectivity index (χ1) is 31.7. The number of benzene rings is 8. The highest BCUT2D eigenvalue weighted by Crippen LogP contribution is 2.52. The molecule has 2 aromatic heterocycles. The predicted molar refractivity (Wildman–Crippen MR) is 284 cm³/mol. The minimum absolute atomic E-state index is 0.0509. The largest absolute Gasteiger partial charge is 0.375 e. The van der Waals surface area contributed by atoms with E-state index in [0.717, 1.165) is 0 Å². The average Bonchev–Trinajstić information content (AvgIpc) is 3.83. The molecule has 8 aromatic carbocycles. The predicted octanol–water partition coefficient (Wildman–Crippen LogP) is 15.4. The Morgan fingerprint density at radius 1 is 0.409 bits per heavy atom. The Labute approximate surface area is 390 Å². The normalized spacial score (nSPS) is 13.5. The van der Waals surface area contributed by atoms with Crippen molar-refractivity contribution < 1.29 is 0 Å². The lowest BCUT2D eigenvalue weighted by Crippen LogP contribution is -2.57. The van der Waals surface area contributed by atoms with Gasteiger partial charge in [0.05, 0.1) is 11.0 Å². The van der Waals surface area contributed by atoms with Gasteiger partial charge in [-0.25, -0.2) is 0 Å². The summed E-state index contributed by atoms with van der Waals surface area (Å²) >= 11 is 0. The first-order valence-corrected chi connectivity index (χ1v) is 23.7. The van der Waals surface area contributed by atoms with Crippen LogP contribution < -0.4 is 15.8 Å². The first kappa shape index (κ1) is 40.5. The van der Waals surface area contributed by atoms with E-state index in [0.29, 0.717) is 0 Å². The van der Waals surface area contributed by atoms with Crippen LogP contribution in [0.25, 0.3) is 71.9 Å². The van der Waals surface area contributed by atoms with Gasteiger partial charge in [0.25, 0.3) is 0 Å². The Kier molecular flexibility index (Phi) is 8.73. The number of hydrogen-bond donors (Lipinski definition) is 0. The highest BCUT2D eigenvalue weighted by atomic mass is 15.2. The number of hydrogen-bond acceptors (Lipinski definition) is 1. The van der Waals surface area contributed by atoms with E-state index in [1.807, 2.05) is 0 Å². The van der Waals surface area contributed by atoms with E-state index in [4.69, 9.17) is 0 Å². The molecule has 0 spiro atoms. The van der Waals surface area contributed by atoms with Crippen LogP contribution in [0, 0.1) is 0 Å². The Hall–Kier alpha value is -7.04. The van der Waals surface area contributed by atoms with Gasteiger partial charge < -0.3 is 13.9 Å². The minimum atomic E-state index is -0.0922. The summed E-state index contributed by atoms with van der Waals surface area (Å²) in [5.74, 6) is 0. The van der Waals surface area contributed by atoms with Crippen LogP contribution in [0.15, 0.2) is 176 Å². The van der Waals surface area contributed by atoms with E-state index in [-0.39, 0.29) is 23.1 Å². The van der Waals surface area contributed by atoms with Crippen molar-refractivity contribution >= 4 is 67.5 Å². The van der Waals surface area contributed by atoms with E-state index >= 15 is 0 Å². The highest BCUT2D eigenvalue weighted by Gasteiger charge is 2.45. The maximum atomic E-state index is 2.76. The van der Waals surface area contributed by atoms with Gasteiger partial charge in [-0.15, -0.1) is 0 Å². The van der Waals surface area contributed by atoms with Crippen molar-refractivity contribution in [3.63, 3.8) is 0 Å². The van der Waals surface area contributed by atoms with E-state index in [1.165, 1.54) is 117 Å². The molecule has 12 rings (SSSR count). The quantitative estimate of drug-likeness (QED) is 0.161. The second-order valence-electron chi connectivity index (χ2n) is 21.8. The molecule has 0 unspecified atom stereocenters. The topological polar surface area (TPSA) is 13.1 Å². The summed E-state index contributed by atoms with van der Waals surface area (Å²) in [7, 11) is 0. The second kappa shape index (κ2) is 14.2. The van der Waals surface area contributed by atoms with Gasteiger partial charge in [0.2, 0.25) is 0 Å². The van der Waals surface area contributed by atoms with Crippen molar-refractivity contribution in [3.05, 3.63) is 193 Å². The van der Waals surface area contributed by atoms with Crippen LogP contribution in [-0.4, -0.2) is 15.9 Å². The third kappa shape index (κ3) is 6.03. The molecule has 0 radical (unpaired) electrons. The van der Waals surface area contributed by atoms with Crippen molar-refractivity contribution in [2.75, 3.05) is 4.90 Å². The molecule has 2 aliphatic heterocycles. The number of anilines is 3. The Balaban J connectivity index is 1.24. The SMILES string of the molecule is CC(C)(C)c1ccc(N2c3ccccc3B3c4c(cc(C(C)(C)C)cc42)-c2cc(C(C)(C)C)cc4c(-c5ccccc5)c(-c5ccc6c(c5)c5ccccc5n6-c5ccccc5)n3c24)cc1. The van der Waals surface area contributed by atoms with Crippen molar-refractivity contribution in [1.82, 2.24) is 9.05 Å². The fraction of sp³-hybridized carbons (Fsp3) is 0.194. The fourth-order valence-corrected chi connectivity index (χ4v) is 11.1. The second-order valence-corrected chi connectivity index (χ2v) is 21.8. The number of rotatable bonds is 4. The summed E-state index contributed by atoms with van der Waals surface area (Å²) in [4.78, 5) is 2.56. The zero-order chi connectivity index (χ0) is 45.4. The van der Waals surface area contributed by atoms with Gasteiger partial charge >= 0.3 is 6.85 Å². The molecular formula is C62H56BN3. The maximum Gasteiger partial charge on any atom is 0.333 e. The first-order valence-electron chi connectivity index (χ1n) is 23.7. The van der Waals surface area contributed by atoms with Gasteiger partial charge in [-0.05, 0) is 127 Å². The molecule has 0 amide bonds. The summed E-state index contributed by atoms with van der Waals surface area (Å²) in [6.07, 6.45) is 0. The van der Waals surface area contributed by atoms with Crippen LogP contribution in [0.1, 0.15) is 79.0 Å². The zero-order valence-corrected chi connectivity index (χ0v) is 39.7. The Morgan fingerprint density at radius 2 is 1.02 bits per heavy atom. The van der Waals surface area contributed by atoms with Crippen LogP contribution in [0.3, 0.4) is 0 Å². The highest BCUT2D eigenvalue weighted by molar-refractivity contribution is 6.89. The van der Waals surface area contributed by atoms with Crippen molar-refractivity contribution in [1.29, 1.82) is 0 Å². The maximum absolute atomic E-state index is 2.76. The molecule has 0 saturated carbocycles. The molecule has 0 fully saturated rings. The van der Waals surface area contributed by atoms with Crippen LogP contribution in [0.5, 0.6) is 0 Å². The molecule has 0 bridgehead atoms. The van der Waals surface area contributed by atoms with Gasteiger partial charge in [-0.1, -0.05) is 172 Å². The monoisotopic (exact) mass is 853 g/mol. The smallest absolute Gasteiger partial charge is 0.333 e. The van der Waals surface area contributed by atoms with E-state index in [2.05, 4.69) is 252 Å². The summed E-state index contributed by atoms with van der Waals surface area (Å²) < 4.78 is 5.19. The summed E-state index contributed by atoms with van der Waals surface area (Å²) in [6, 6.07) is 66.8. The lowest BCUT2D eigenvalue weighted by Gasteiger charge is -2.42.